The molecule has 2 rings (SSSR count). The third-order valence-corrected chi connectivity index (χ3v) is 5.51. The van der Waals surface area contributed by atoms with Gasteiger partial charge in [-0.25, -0.2) is 4.79 Å². The van der Waals surface area contributed by atoms with Gasteiger partial charge in [0.1, 0.15) is 12.0 Å². The highest BCUT2D eigenvalue weighted by atomic mass is 31.1. The SMILES string of the molecule is O=[PH+]CC(CCNC(=O)OCc1ccccc1)(CCc1ccccc1)C(=O)O. The van der Waals surface area contributed by atoms with Gasteiger partial charge in [-0.2, -0.15) is 0 Å². The Morgan fingerprint density at radius 1 is 0.964 bits per heavy atom. The van der Waals surface area contributed by atoms with E-state index in [0.717, 1.165) is 11.1 Å². The highest BCUT2D eigenvalue weighted by Crippen LogP contribution is 2.32. The van der Waals surface area contributed by atoms with Crippen LogP contribution in [0, 0.1) is 5.41 Å². The number of aryl methyl sites for hydroxylation is 1. The number of benzene rings is 2. The Bertz CT molecular complexity index is 769. The zero-order chi connectivity index (χ0) is 20.2. The molecule has 0 bridgehead atoms. The number of carboxylic acid groups (broad SMARTS) is 1. The van der Waals surface area contributed by atoms with Gasteiger partial charge in [0.05, 0.1) is 0 Å². The summed E-state index contributed by atoms with van der Waals surface area (Å²) in [4.78, 5) is 23.8. The lowest BCUT2D eigenvalue weighted by Gasteiger charge is -2.24. The van der Waals surface area contributed by atoms with Gasteiger partial charge < -0.3 is 15.2 Å². The number of hydrogen-bond donors (Lipinski definition) is 2. The molecule has 0 aromatic heterocycles. The Morgan fingerprint density at radius 3 is 2.14 bits per heavy atom. The molecule has 2 aromatic rings. The monoisotopic (exact) mass is 402 g/mol. The number of ether oxygens (including phenoxy) is 1. The van der Waals surface area contributed by atoms with Crippen LogP contribution in [0.25, 0.3) is 0 Å². The van der Waals surface area contributed by atoms with Crippen LogP contribution in [0.3, 0.4) is 0 Å². The van der Waals surface area contributed by atoms with Crippen molar-refractivity contribution in [1.82, 2.24) is 5.32 Å². The van der Waals surface area contributed by atoms with E-state index in [1.807, 2.05) is 60.7 Å². The number of amides is 1. The predicted octanol–water partition coefficient (Wildman–Crippen LogP) is 4.03. The second-order valence-corrected chi connectivity index (χ2v) is 7.27. The quantitative estimate of drug-likeness (QED) is 0.554. The van der Waals surface area contributed by atoms with E-state index in [1.54, 1.807) is 0 Å². The highest BCUT2D eigenvalue weighted by molar-refractivity contribution is 7.23. The Kier molecular flexibility index (Phi) is 8.63. The predicted molar refractivity (Wildman–Crippen MR) is 108 cm³/mol. The summed E-state index contributed by atoms with van der Waals surface area (Å²) >= 11 is 0. The topological polar surface area (TPSA) is 92.7 Å². The van der Waals surface area contributed by atoms with E-state index >= 15 is 0 Å². The fourth-order valence-electron chi connectivity index (χ4n) is 2.94. The van der Waals surface area contributed by atoms with E-state index in [2.05, 4.69) is 5.32 Å². The van der Waals surface area contributed by atoms with Crippen molar-refractivity contribution >= 4 is 20.5 Å². The molecule has 0 aliphatic heterocycles. The number of carboxylic acids is 1. The van der Waals surface area contributed by atoms with Crippen molar-refractivity contribution in [2.45, 2.75) is 25.9 Å². The Balaban J connectivity index is 1.87. The molecule has 0 heterocycles. The van der Waals surface area contributed by atoms with E-state index < -0.39 is 25.9 Å². The lowest BCUT2D eigenvalue weighted by molar-refractivity contribution is -0.148. The first-order valence-electron chi connectivity index (χ1n) is 9.13. The Labute approximate surface area is 166 Å². The number of nitrogens with one attached hydrogen (secondary N) is 1. The number of hydrogen-bond acceptors (Lipinski definition) is 4. The number of rotatable bonds is 11. The van der Waals surface area contributed by atoms with Crippen LogP contribution >= 0.6 is 8.46 Å². The van der Waals surface area contributed by atoms with Crippen molar-refractivity contribution in [3.63, 3.8) is 0 Å². The number of aliphatic carboxylic acids is 1. The lowest BCUT2D eigenvalue weighted by atomic mass is 9.80. The van der Waals surface area contributed by atoms with Gasteiger partial charge in [0.2, 0.25) is 0 Å². The number of alkyl carbamates (subject to hydrolysis) is 1. The van der Waals surface area contributed by atoms with Crippen LogP contribution in [0.15, 0.2) is 60.7 Å². The molecule has 2 N–H and O–H groups in total. The van der Waals surface area contributed by atoms with Gasteiger partial charge in [-0.15, -0.1) is 0 Å². The molecule has 2 atom stereocenters. The van der Waals surface area contributed by atoms with E-state index in [-0.39, 0.29) is 25.7 Å². The molecule has 0 aliphatic rings. The van der Waals surface area contributed by atoms with Crippen LogP contribution < -0.4 is 5.32 Å². The molecule has 0 fully saturated rings. The van der Waals surface area contributed by atoms with Gasteiger partial charge in [0, 0.05) is 6.54 Å². The van der Waals surface area contributed by atoms with Crippen LogP contribution in [0.1, 0.15) is 24.0 Å². The van der Waals surface area contributed by atoms with Crippen molar-refractivity contribution in [3.05, 3.63) is 71.8 Å². The van der Waals surface area contributed by atoms with E-state index in [9.17, 15) is 19.3 Å². The first-order chi connectivity index (χ1) is 13.6. The molecule has 1 amide bonds. The van der Waals surface area contributed by atoms with Gasteiger partial charge >= 0.3 is 20.5 Å². The zero-order valence-corrected chi connectivity index (χ0v) is 16.6. The third kappa shape index (κ3) is 6.78. The molecule has 0 saturated carbocycles. The summed E-state index contributed by atoms with van der Waals surface area (Å²) in [5.74, 6) is -0.994. The van der Waals surface area contributed by atoms with Crippen LogP contribution in [-0.2, 0) is 27.1 Å². The van der Waals surface area contributed by atoms with Gasteiger partial charge in [-0.05, 0) is 30.4 Å². The summed E-state index contributed by atoms with van der Waals surface area (Å²) in [7, 11) is -0.718. The maximum Gasteiger partial charge on any atom is 0.407 e. The largest absolute Gasteiger partial charge is 0.481 e. The minimum absolute atomic E-state index is 0.0515. The highest BCUT2D eigenvalue weighted by Gasteiger charge is 2.41. The van der Waals surface area contributed by atoms with Crippen molar-refractivity contribution < 1.29 is 24.0 Å². The molecular formula is C21H25NO5P+. The lowest BCUT2D eigenvalue weighted by Crippen LogP contribution is -2.38. The molecular weight excluding hydrogens is 377 g/mol. The van der Waals surface area contributed by atoms with Gasteiger partial charge in [-0.3, -0.25) is 4.79 Å². The summed E-state index contributed by atoms with van der Waals surface area (Å²) in [5.41, 5.74) is 0.744. The maximum absolute atomic E-state index is 11.9. The summed E-state index contributed by atoms with van der Waals surface area (Å²) < 4.78 is 16.4. The van der Waals surface area contributed by atoms with Gasteiger partial charge in [0.25, 0.3) is 0 Å². The van der Waals surface area contributed by atoms with Crippen molar-refractivity contribution in [2.75, 3.05) is 12.7 Å². The van der Waals surface area contributed by atoms with Crippen molar-refractivity contribution in [3.8, 4) is 0 Å². The van der Waals surface area contributed by atoms with E-state index in [0.29, 0.717) is 12.8 Å². The van der Waals surface area contributed by atoms with Crippen LogP contribution in [0.5, 0.6) is 0 Å². The maximum atomic E-state index is 11.9. The molecule has 0 radical (unpaired) electrons. The molecule has 2 aromatic carbocycles. The minimum atomic E-state index is -1.15. The average Bonchev–Trinajstić information content (AvgIpc) is 2.72. The van der Waals surface area contributed by atoms with Gasteiger partial charge in [-0.1, -0.05) is 65.2 Å². The standard InChI is InChI=1S/C21H24NO5P/c23-19(24)21(16-28-26,12-11-17-7-3-1-4-8-17)13-14-22-20(25)27-15-18-9-5-2-6-10-18/h1-10H,11-16H2,(H,22,25)(H,23,24)/p+1. The second-order valence-electron chi connectivity index (χ2n) is 6.63. The summed E-state index contributed by atoms with van der Waals surface area (Å²) in [5, 5.41) is 12.4. The summed E-state index contributed by atoms with van der Waals surface area (Å²) in [6, 6.07) is 18.9. The number of carbonyl (C=O) groups excluding carboxylic acids is 1. The smallest absolute Gasteiger partial charge is 0.407 e. The molecule has 0 saturated heterocycles. The van der Waals surface area contributed by atoms with E-state index in [4.69, 9.17) is 4.74 Å². The summed E-state index contributed by atoms with van der Waals surface area (Å²) in [6.07, 6.45) is 0.551. The van der Waals surface area contributed by atoms with Crippen LogP contribution in [0.4, 0.5) is 4.79 Å². The van der Waals surface area contributed by atoms with E-state index in [1.165, 1.54) is 0 Å². The van der Waals surface area contributed by atoms with Crippen molar-refractivity contribution in [2.24, 2.45) is 5.41 Å². The minimum Gasteiger partial charge on any atom is -0.481 e. The molecule has 2 unspecified atom stereocenters. The second kappa shape index (κ2) is 11.2. The number of carbonyl (C=O) groups is 2. The normalized spacial score (nSPS) is 12.9. The van der Waals surface area contributed by atoms with Crippen molar-refractivity contribution in [1.29, 1.82) is 0 Å². The molecule has 7 heteroatoms. The zero-order valence-electron chi connectivity index (χ0n) is 15.6. The van der Waals surface area contributed by atoms with Crippen LogP contribution in [-0.4, -0.2) is 29.9 Å². The molecule has 148 valence electrons. The Morgan fingerprint density at radius 2 is 1.57 bits per heavy atom. The fourth-order valence-corrected chi connectivity index (χ4v) is 3.72. The van der Waals surface area contributed by atoms with Crippen LogP contribution in [0.2, 0.25) is 0 Å². The third-order valence-electron chi connectivity index (χ3n) is 4.68. The first-order valence-corrected chi connectivity index (χ1v) is 10.2. The molecule has 28 heavy (non-hydrogen) atoms. The molecule has 0 aliphatic carbocycles. The summed E-state index contributed by atoms with van der Waals surface area (Å²) in [6.45, 7) is 0.284. The first kappa shape index (κ1) is 21.6. The molecule has 6 nitrogen and oxygen atoms in total. The van der Waals surface area contributed by atoms with Gasteiger partial charge in [0.15, 0.2) is 6.16 Å². The fraction of sp³-hybridized carbons (Fsp3) is 0.333. The Hall–Kier alpha value is -2.72. The molecule has 0 spiro atoms. The average molecular weight is 402 g/mol.